The second-order valence-electron chi connectivity index (χ2n) is 4.78. The van der Waals surface area contributed by atoms with Gasteiger partial charge in [-0.15, -0.1) is 0 Å². The summed E-state index contributed by atoms with van der Waals surface area (Å²) in [7, 11) is 0. The van der Waals surface area contributed by atoms with Crippen LogP contribution in [0.1, 0.15) is 20.8 Å². The monoisotopic (exact) mass is 264 g/mol. The van der Waals surface area contributed by atoms with Gasteiger partial charge in [0.15, 0.2) is 5.79 Å². The summed E-state index contributed by atoms with van der Waals surface area (Å²) in [6, 6.07) is 0. The van der Waals surface area contributed by atoms with E-state index in [1.165, 1.54) is 6.92 Å². The fraction of sp³-hybridized carbons (Fsp3) is 0.909. The molecule has 1 aliphatic heterocycles. The topological polar surface area (TPSA) is 105 Å². The van der Waals surface area contributed by atoms with Crippen LogP contribution in [0.3, 0.4) is 0 Å². The van der Waals surface area contributed by atoms with E-state index in [9.17, 15) is 15.0 Å². The normalized spacial score (nSPS) is 30.1. The van der Waals surface area contributed by atoms with E-state index >= 15 is 0 Å². The van der Waals surface area contributed by atoms with Crippen LogP contribution < -0.4 is 0 Å². The predicted octanol–water partition coefficient (Wildman–Crippen LogP) is -0.651. The second-order valence-corrected chi connectivity index (χ2v) is 4.78. The Morgan fingerprint density at radius 1 is 1.39 bits per heavy atom. The van der Waals surface area contributed by atoms with E-state index in [1.54, 1.807) is 13.8 Å². The van der Waals surface area contributed by atoms with Gasteiger partial charge < -0.3 is 29.5 Å². The third kappa shape index (κ3) is 4.18. The molecule has 0 radical (unpaired) electrons. The van der Waals surface area contributed by atoms with Gasteiger partial charge in [0.1, 0.15) is 24.9 Å². The van der Waals surface area contributed by atoms with Crippen molar-refractivity contribution in [3.8, 4) is 0 Å². The number of aliphatic hydroxyl groups is 2. The number of carbonyl (C=O) groups is 1. The molecule has 3 N–H and O–H groups in total. The quantitative estimate of drug-likeness (QED) is 0.585. The summed E-state index contributed by atoms with van der Waals surface area (Å²) in [6.45, 7) is 4.31. The minimum absolute atomic E-state index is 0.0236. The van der Waals surface area contributed by atoms with Crippen molar-refractivity contribution in [2.75, 3.05) is 13.2 Å². The van der Waals surface area contributed by atoms with E-state index in [-0.39, 0.29) is 6.61 Å². The largest absolute Gasteiger partial charge is 0.480 e. The predicted molar refractivity (Wildman–Crippen MR) is 60.0 cm³/mol. The van der Waals surface area contributed by atoms with E-state index in [4.69, 9.17) is 19.3 Å². The first-order chi connectivity index (χ1) is 8.23. The van der Waals surface area contributed by atoms with Gasteiger partial charge in [0, 0.05) is 0 Å². The molecule has 1 rings (SSSR count). The molecule has 1 aliphatic rings. The lowest BCUT2D eigenvalue weighted by molar-refractivity contribution is -0.163. The lowest BCUT2D eigenvalue weighted by atomic mass is 10.0. The SMILES string of the molecule is CC(O)C(O)[C@@H]1OC(C)(C)O[C@H]1COCC(=O)O. The Balaban J connectivity index is 2.59. The van der Waals surface area contributed by atoms with E-state index in [2.05, 4.69) is 0 Å². The molecular weight excluding hydrogens is 244 g/mol. The standard InChI is InChI=1S/C11H20O7/c1-6(12)9(15)10-7(4-16-5-8(13)14)17-11(2,3)18-10/h6-7,9-10,12,15H,4-5H2,1-3H3,(H,13,14)/t6?,7-,9?,10+/m0/s1. The maximum atomic E-state index is 10.3. The van der Waals surface area contributed by atoms with Crippen molar-refractivity contribution < 1.29 is 34.3 Å². The summed E-state index contributed by atoms with van der Waals surface area (Å²) in [5.41, 5.74) is 0. The number of ether oxygens (including phenoxy) is 3. The lowest BCUT2D eigenvalue weighted by Crippen LogP contribution is -2.43. The van der Waals surface area contributed by atoms with E-state index in [0.29, 0.717) is 0 Å². The van der Waals surface area contributed by atoms with Crippen LogP contribution >= 0.6 is 0 Å². The fourth-order valence-corrected chi connectivity index (χ4v) is 1.82. The van der Waals surface area contributed by atoms with Crippen LogP contribution in [0.2, 0.25) is 0 Å². The number of aliphatic carboxylic acids is 1. The summed E-state index contributed by atoms with van der Waals surface area (Å²) in [5.74, 6) is -1.99. The van der Waals surface area contributed by atoms with Crippen LogP contribution in [0.4, 0.5) is 0 Å². The summed E-state index contributed by atoms with van der Waals surface area (Å²) < 4.78 is 15.9. The molecule has 106 valence electrons. The number of aliphatic hydroxyl groups excluding tert-OH is 2. The Kier molecular flexibility index (Phi) is 5.06. The van der Waals surface area contributed by atoms with Gasteiger partial charge in [0.05, 0.1) is 12.7 Å². The molecule has 0 bridgehead atoms. The molecule has 0 aromatic rings. The number of hydrogen-bond acceptors (Lipinski definition) is 6. The number of rotatable bonds is 6. The first kappa shape index (κ1) is 15.3. The van der Waals surface area contributed by atoms with E-state index in [1.807, 2.05) is 0 Å². The Morgan fingerprint density at radius 3 is 2.50 bits per heavy atom. The van der Waals surface area contributed by atoms with E-state index < -0.39 is 42.8 Å². The van der Waals surface area contributed by atoms with Gasteiger partial charge in [-0.3, -0.25) is 0 Å². The molecule has 4 atom stereocenters. The zero-order valence-electron chi connectivity index (χ0n) is 10.7. The van der Waals surface area contributed by atoms with Crippen LogP contribution in [0.25, 0.3) is 0 Å². The summed E-state index contributed by atoms with van der Waals surface area (Å²) in [6.07, 6.45) is -3.47. The zero-order chi connectivity index (χ0) is 13.9. The highest BCUT2D eigenvalue weighted by molar-refractivity contribution is 5.67. The highest BCUT2D eigenvalue weighted by atomic mass is 16.8. The van der Waals surface area contributed by atoms with Crippen molar-refractivity contribution >= 4 is 5.97 Å². The zero-order valence-corrected chi connectivity index (χ0v) is 10.7. The van der Waals surface area contributed by atoms with Crippen LogP contribution in [-0.2, 0) is 19.0 Å². The minimum atomic E-state index is -1.12. The van der Waals surface area contributed by atoms with Crippen LogP contribution in [0, 0.1) is 0 Å². The molecule has 0 spiro atoms. The van der Waals surface area contributed by atoms with Crippen molar-refractivity contribution in [3.63, 3.8) is 0 Å². The van der Waals surface area contributed by atoms with Crippen LogP contribution in [0.15, 0.2) is 0 Å². The van der Waals surface area contributed by atoms with Gasteiger partial charge >= 0.3 is 5.97 Å². The second kappa shape index (κ2) is 5.94. The molecule has 7 heteroatoms. The summed E-state index contributed by atoms with van der Waals surface area (Å²) in [5, 5.41) is 27.6. The van der Waals surface area contributed by atoms with Crippen molar-refractivity contribution in [1.82, 2.24) is 0 Å². The molecule has 1 heterocycles. The molecular formula is C11H20O7. The van der Waals surface area contributed by atoms with Gasteiger partial charge in [0.25, 0.3) is 0 Å². The molecule has 7 nitrogen and oxygen atoms in total. The Morgan fingerprint density at radius 2 is 2.00 bits per heavy atom. The lowest BCUT2D eigenvalue weighted by Gasteiger charge is -2.24. The summed E-state index contributed by atoms with van der Waals surface area (Å²) in [4.78, 5) is 10.3. The maximum absolute atomic E-state index is 10.3. The molecule has 0 amide bonds. The number of hydrogen-bond donors (Lipinski definition) is 3. The minimum Gasteiger partial charge on any atom is -0.480 e. The van der Waals surface area contributed by atoms with Gasteiger partial charge in [0.2, 0.25) is 0 Å². The van der Waals surface area contributed by atoms with Crippen molar-refractivity contribution in [2.24, 2.45) is 0 Å². The third-order valence-electron chi connectivity index (χ3n) is 2.56. The van der Waals surface area contributed by atoms with Gasteiger partial charge in [-0.2, -0.15) is 0 Å². The Bertz CT molecular complexity index is 289. The van der Waals surface area contributed by atoms with Crippen molar-refractivity contribution in [2.45, 2.75) is 51.0 Å². The maximum Gasteiger partial charge on any atom is 0.329 e. The van der Waals surface area contributed by atoms with Gasteiger partial charge in [-0.05, 0) is 20.8 Å². The van der Waals surface area contributed by atoms with E-state index in [0.717, 1.165) is 0 Å². The average Bonchev–Trinajstić information content (AvgIpc) is 2.52. The molecule has 18 heavy (non-hydrogen) atoms. The Labute approximate surface area is 105 Å². The molecule has 0 aromatic carbocycles. The smallest absolute Gasteiger partial charge is 0.329 e. The van der Waals surface area contributed by atoms with Crippen LogP contribution in [-0.4, -0.2) is 64.7 Å². The molecule has 1 saturated heterocycles. The molecule has 2 unspecified atom stereocenters. The molecule has 0 aliphatic carbocycles. The van der Waals surface area contributed by atoms with Gasteiger partial charge in [-0.1, -0.05) is 0 Å². The summed E-state index contributed by atoms with van der Waals surface area (Å²) >= 11 is 0. The molecule has 1 fully saturated rings. The first-order valence-corrected chi connectivity index (χ1v) is 5.74. The third-order valence-corrected chi connectivity index (χ3v) is 2.56. The number of carboxylic acid groups (broad SMARTS) is 1. The average molecular weight is 264 g/mol. The highest BCUT2D eigenvalue weighted by Gasteiger charge is 2.46. The first-order valence-electron chi connectivity index (χ1n) is 5.74. The van der Waals surface area contributed by atoms with Crippen molar-refractivity contribution in [1.29, 1.82) is 0 Å². The fourth-order valence-electron chi connectivity index (χ4n) is 1.82. The van der Waals surface area contributed by atoms with Crippen molar-refractivity contribution in [3.05, 3.63) is 0 Å². The highest BCUT2D eigenvalue weighted by Crippen LogP contribution is 2.31. The van der Waals surface area contributed by atoms with Gasteiger partial charge in [-0.25, -0.2) is 4.79 Å². The Hall–Kier alpha value is -0.730. The van der Waals surface area contributed by atoms with Crippen LogP contribution in [0.5, 0.6) is 0 Å². The molecule has 0 aromatic heterocycles. The molecule has 0 saturated carbocycles. The number of carboxylic acids is 1.